The molecule has 2 aromatic rings. The van der Waals surface area contributed by atoms with Gasteiger partial charge in [0.05, 0.1) is 26.2 Å². The van der Waals surface area contributed by atoms with E-state index in [-0.39, 0.29) is 17.2 Å². The minimum atomic E-state index is -0.347. The maximum absolute atomic E-state index is 13.1. The summed E-state index contributed by atoms with van der Waals surface area (Å²) in [4.78, 5) is 31.1. The van der Waals surface area contributed by atoms with Gasteiger partial charge in [-0.3, -0.25) is 9.59 Å². The van der Waals surface area contributed by atoms with Crippen molar-refractivity contribution in [3.05, 3.63) is 48.0 Å². The van der Waals surface area contributed by atoms with E-state index in [1.54, 1.807) is 4.90 Å². The van der Waals surface area contributed by atoms with Gasteiger partial charge in [0.25, 0.3) is 0 Å². The van der Waals surface area contributed by atoms with Crippen LogP contribution in [-0.2, 0) is 16.1 Å². The summed E-state index contributed by atoms with van der Waals surface area (Å²) in [7, 11) is 0. The predicted molar refractivity (Wildman–Crippen MR) is 124 cm³/mol. The zero-order valence-electron chi connectivity index (χ0n) is 19.2. The van der Waals surface area contributed by atoms with Crippen LogP contribution in [0.4, 0.5) is 0 Å². The minimum absolute atomic E-state index is 0.0728. The largest absolute Gasteiger partial charge is 0.342 e. The van der Waals surface area contributed by atoms with Crippen LogP contribution in [0.3, 0.4) is 0 Å². The van der Waals surface area contributed by atoms with E-state index in [9.17, 15) is 9.59 Å². The van der Waals surface area contributed by atoms with E-state index in [1.807, 2.05) is 25.7 Å². The van der Waals surface area contributed by atoms with Crippen LogP contribution in [0.15, 0.2) is 42.5 Å². The van der Waals surface area contributed by atoms with Gasteiger partial charge in [-0.15, -0.1) is 0 Å². The van der Waals surface area contributed by atoms with Crippen molar-refractivity contribution >= 4 is 22.6 Å². The fourth-order valence-electron chi connectivity index (χ4n) is 5.00. The number of benzene rings is 2. The quantitative estimate of drug-likeness (QED) is 0.825. The van der Waals surface area contributed by atoms with Crippen molar-refractivity contribution in [1.29, 1.82) is 0 Å². The van der Waals surface area contributed by atoms with Crippen molar-refractivity contribution in [1.82, 2.24) is 9.80 Å². The summed E-state index contributed by atoms with van der Waals surface area (Å²) >= 11 is 0. The molecule has 2 heterocycles. The molecule has 2 saturated heterocycles. The molecule has 4 rings (SSSR count). The number of nitrogens with zero attached hydrogens (tertiary/aromatic N) is 2. The van der Waals surface area contributed by atoms with E-state index in [4.69, 9.17) is 0 Å². The molecular weight excluding hydrogens is 386 g/mol. The number of likely N-dealkylation sites (tertiary alicyclic amines) is 1. The van der Waals surface area contributed by atoms with Crippen molar-refractivity contribution < 1.29 is 14.5 Å². The monoisotopic (exact) mass is 422 g/mol. The van der Waals surface area contributed by atoms with Crippen LogP contribution in [-0.4, -0.2) is 60.9 Å². The van der Waals surface area contributed by atoms with E-state index in [2.05, 4.69) is 47.4 Å². The second kappa shape index (κ2) is 8.99. The van der Waals surface area contributed by atoms with Crippen molar-refractivity contribution in [2.45, 2.75) is 40.2 Å². The number of rotatable bonds is 3. The molecule has 0 aliphatic carbocycles. The molecule has 31 heavy (non-hydrogen) atoms. The average Bonchev–Trinajstić information content (AvgIpc) is 2.78. The molecule has 2 aromatic carbocycles. The van der Waals surface area contributed by atoms with Crippen molar-refractivity contribution in [2.75, 3.05) is 39.3 Å². The Morgan fingerprint density at radius 3 is 2.23 bits per heavy atom. The van der Waals surface area contributed by atoms with E-state index >= 15 is 0 Å². The first-order valence-corrected chi connectivity index (χ1v) is 11.7. The Morgan fingerprint density at radius 1 is 0.903 bits per heavy atom. The van der Waals surface area contributed by atoms with Crippen LogP contribution < -0.4 is 4.90 Å². The molecule has 0 bridgehead atoms. The molecule has 5 nitrogen and oxygen atoms in total. The number of hydrogen-bond donors (Lipinski definition) is 1. The topological polar surface area (TPSA) is 45.1 Å². The smallest absolute Gasteiger partial charge is 0.227 e. The first kappa shape index (κ1) is 21.8. The van der Waals surface area contributed by atoms with Crippen molar-refractivity contribution in [3.8, 4) is 0 Å². The highest BCUT2D eigenvalue weighted by molar-refractivity contribution is 5.85. The van der Waals surface area contributed by atoms with Crippen LogP contribution in [0.25, 0.3) is 10.8 Å². The first-order valence-electron chi connectivity index (χ1n) is 11.7. The number of carbonyl (C=O) groups excluding carboxylic acids is 2. The maximum Gasteiger partial charge on any atom is 0.227 e. The van der Waals surface area contributed by atoms with Crippen molar-refractivity contribution in [3.63, 3.8) is 0 Å². The summed E-state index contributed by atoms with van der Waals surface area (Å²) in [6.07, 6.45) is 1.59. The van der Waals surface area contributed by atoms with Crippen LogP contribution in [0.1, 0.15) is 39.2 Å². The van der Waals surface area contributed by atoms with E-state index < -0.39 is 0 Å². The number of fused-ring (bicyclic) bond motifs is 1. The van der Waals surface area contributed by atoms with E-state index in [0.29, 0.717) is 19.0 Å². The Morgan fingerprint density at radius 2 is 1.55 bits per heavy atom. The molecule has 5 heteroatoms. The number of nitrogens with one attached hydrogen (secondary N) is 1. The highest BCUT2D eigenvalue weighted by Crippen LogP contribution is 2.25. The number of piperazine rings is 1. The molecule has 0 atom stereocenters. The van der Waals surface area contributed by atoms with Gasteiger partial charge in [-0.05, 0) is 23.6 Å². The lowest BCUT2D eigenvalue weighted by molar-refractivity contribution is -0.917. The lowest BCUT2D eigenvalue weighted by atomic mass is 9.90. The average molecular weight is 423 g/mol. The molecule has 0 saturated carbocycles. The molecule has 0 unspecified atom stereocenters. The normalized spacial score (nSPS) is 19.1. The number of hydrogen-bond acceptors (Lipinski definition) is 2. The molecule has 0 radical (unpaired) electrons. The highest BCUT2D eigenvalue weighted by Gasteiger charge is 2.35. The first-order chi connectivity index (χ1) is 14.8. The van der Waals surface area contributed by atoms with E-state index in [0.717, 1.165) is 45.6 Å². The summed E-state index contributed by atoms with van der Waals surface area (Å²) in [6, 6.07) is 15.1. The van der Waals surface area contributed by atoms with Gasteiger partial charge in [0.2, 0.25) is 11.8 Å². The lowest BCUT2D eigenvalue weighted by Gasteiger charge is -2.38. The third-order valence-electron chi connectivity index (χ3n) is 6.88. The third kappa shape index (κ3) is 4.93. The van der Waals surface area contributed by atoms with Crippen LogP contribution >= 0.6 is 0 Å². The predicted octanol–water partition coefficient (Wildman–Crippen LogP) is 2.35. The SMILES string of the molecule is CC(C)(C)C(=O)N1CCC(C(=O)N2CC[NH+](Cc3cccc4ccccc34)CC2)CC1. The van der Waals surface area contributed by atoms with Gasteiger partial charge in [-0.1, -0.05) is 63.2 Å². The summed E-state index contributed by atoms with van der Waals surface area (Å²) in [5.41, 5.74) is 1.05. The highest BCUT2D eigenvalue weighted by atomic mass is 16.2. The maximum atomic E-state index is 13.1. The fourth-order valence-corrected chi connectivity index (χ4v) is 5.00. The second-order valence-electron chi connectivity index (χ2n) is 10.2. The van der Waals surface area contributed by atoms with Gasteiger partial charge in [0.15, 0.2) is 0 Å². The number of piperidine rings is 1. The van der Waals surface area contributed by atoms with E-state index in [1.165, 1.54) is 16.3 Å². The van der Waals surface area contributed by atoms with Gasteiger partial charge in [-0.2, -0.15) is 0 Å². The summed E-state index contributed by atoms with van der Waals surface area (Å²) < 4.78 is 0. The number of carbonyl (C=O) groups is 2. The standard InChI is InChI=1S/C26H35N3O2/c1-26(2,3)25(31)29-13-11-21(12-14-29)24(30)28-17-15-27(16-18-28)19-22-9-6-8-20-7-4-5-10-23(20)22/h4-10,21H,11-19H2,1-3H3/p+1. The Bertz CT molecular complexity index is 928. The molecule has 2 aliphatic rings. The third-order valence-corrected chi connectivity index (χ3v) is 6.88. The number of amides is 2. The molecule has 0 aromatic heterocycles. The zero-order valence-corrected chi connectivity index (χ0v) is 19.2. The van der Waals surface area contributed by atoms with Gasteiger partial charge in [0, 0.05) is 30.0 Å². The van der Waals surface area contributed by atoms with Crippen LogP contribution in [0.2, 0.25) is 0 Å². The zero-order chi connectivity index (χ0) is 22.0. The molecular formula is C26H36N3O2+. The molecule has 2 aliphatic heterocycles. The lowest BCUT2D eigenvalue weighted by Crippen LogP contribution is -3.13. The van der Waals surface area contributed by atoms with Gasteiger partial charge in [0.1, 0.15) is 6.54 Å². The summed E-state index contributed by atoms with van der Waals surface area (Å²) in [5, 5.41) is 2.64. The summed E-state index contributed by atoms with van der Waals surface area (Å²) in [5.74, 6) is 0.569. The second-order valence-corrected chi connectivity index (χ2v) is 10.2. The Hall–Kier alpha value is -2.40. The van der Waals surface area contributed by atoms with Gasteiger partial charge >= 0.3 is 0 Å². The fraction of sp³-hybridized carbons (Fsp3) is 0.538. The van der Waals surface area contributed by atoms with Crippen LogP contribution in [0, 0.1) is 11.3 Å². The van der Waals surface area contributed by atoms with Gasteiger partial charge in [-0.25, -0.2) is 0 Å². The molecule has 166 valence electrons. The molecule has 2 fully saturated rings. The Kier molecular flexibility index (Phi) is 6.33. The van der Waals surface area contributed by atoms with Crippen LogP contribution in [0.5, 0.6) is 0 Å². The molecule has 0 spiro atoms. The Balaban J connectivity index is 1.28. The Labute approximate surface area is 186 Å². The molecule has 2 amide bonds. The number of quaternary nitrogens is 1. The minimum Gasteiger partial charge on any atom is -0.342 e. The van der Waals surface area contributed by atoms with Gasteiger partial charge < -0.3 is 14.7 Å². The summed E-state index contributed by atoms with van der Waals surface area (Å²) in [6.45, 7) is 12.0. The van der Waals surface area contributed by atoms with Crippen molar-refractivity contribution in [2.24, 2.45) is 11.3 Å². The molecule has 1 N–H and O–H groups in total.